The van der Waals surface area contributed by atoms with Gasteiger partial charge in [0.25, 0.3) is 0 Å². The Morgan fingerprint density at radius 1 is 1.18 bits per heavy atom. The van der Waals surface area contributed by atoms with Crippen LogP contribution in [-0.2, 0) is 6.42 Å². The van der Waals surface area contributed by atoms with E-state index in [2.05, 4.69) is 78.9 Å². The van der Waals surface area contributed by atoms with E-state index in [4.69, 9.17) is 21.3 Å². The SMILES string of the molecule is CCc1ccc(Cl)c(OCCN2CCN(c3ncc(-c4cccc(N(C)CC)c4)s3)C[C@@H]2C)c1. The Labute approximate surface area is 212 Å². The molecular formula is C27H35ClN4OS. The third-order valence-corrected chi connectivity index (χ3v) is 8.03. The monoisotopic (exact) mass is 498 g/mol. The molecule has 0 unspecified atom stereocenters. The Balaban J connectivity index is 1.32. The molecule has 1 atom stereocenters. The highest BCUT2D eigenvalue weighted by molar-refractivity contribution is 7.18. The van der Waals surface area contributed by atoms with E-state index in [1.54, 1.807) is 11.3 Å². The molecule has 0 N–H and O–H groups in total. The van der Waals surface area contributed by atoms with Gasteiger partial charge in [-0.05, 0) is 55.7 Å². The van der Waals surface area contributed by atoms with Gasteiger partial charge in [-0.15, -0.1) is 0 Å². The van der Waals surface area contributed by atoms with E-state index >= 15 is 0 Å². The third kappa shape index (κ3) is 5.85. The van der Waals surface area contributed by atoms with Gasteiger partial charge in [-0.3, -0.25) is 4.90 Å². The van der Waals surface area contributed by atoms with Crippen LogP contribution in [0.25, 0.3) is 10.4 Å². The molecule has 4 rings (SSSR count). The summed E-state index contributed by atoms with van der Waals surface area (Å²) in [6.45, 7) is 12.1. The number of halogens is 1. The van der Waals surface area contributed by atoms with Crippen molar-refractivity contribution in [2.75, 3.05) is 56.2 Å². The first-order chi connectivity index (χ1) is 16.5. The maximum absolute atomic E-state index is 6.31. The molecule has 7 heteroatoms. The number of benzene rings is 2. The third-order valence-electron chi connectivity index (χ3n) is 6.61. The van der Waals surface area contributed by atoms with E-state index in [1.807, 2.05) is 12.3 Å². The zero-order valence-corrected chi connectivity index (χ0v) is 22.2. The standard InChI is InChI=1S/C27H35ClN4OS/c1-5-21-10-11-24(28)25(16-21)33-15-14-31-12-13-32(19-20(31)3)27-29-18-26(34-27)22-8-7-9-23(17-22)30(4)6-2/h7-11,16-18,20H,5-6,12-15,19H2,1-4H3/t20-/m0/s1. The van der Waals surface area contributed by atoms with E-state index in [-0.39, 0.29) is 0 Å². The molecule has 0 aliphatic carbocycles. The first-order valence-electron chi connectivity index (χ1n) is 12.2. The summed E-state index contributed by atoms with van der Waals surface area (Å²) in [5.41, 5.74) is 3.71. The summed E-state index contributed by atoms with van der Waals surface area (Å²) in [6.07, 6.45) is 3.00. The molecule has 5 nitrogen and oxygen atoms in total. The number of nitrogens with zero attached hydrogens (tertiary/aromatic N) is 4. The van der Waals surface area contributed by atoms with Crippen LogP contribution in [0, 0.1) is 0 Å². The predicted octanol–water partition coefficient (Wildman–Crippen LogP) is 6.07. The van der Waals surface area contributed by atoms with Crippen LogP contribution < -0.4 is 14.5 Å². The minimum Gasteiger partial charge on any atom is -0.491 e. The summed E-state index contributed by atoms with van der Waals surface area (Å²) in [6, 6.07) is 15.2. The van der Waals surface area contributed by atoms with Crippen LogP contribution in [0.3, 0.4) is 0 Å². The van der Waals surface area contributed by atoms with Crippen LogP contribution in [0.4, 0.5) is 10.8 Å². The molecular weight excluding hydrogens is 464 g/mol. The highest BCUT2D eigenvalue weighted by Crippen LogP contribution is 2.34. The van der Waals surface area contributed by atoms with Crippen LogP contribution in [-0.4, -0.2) is 62.3 Å². The molecule has 1 aromatic heterocycles. The number of thiazole rings is 1. The van der Waals surface area contributed by atoms with Gasteiger partial charge in [0.05, 0.1) is 9.90 Å². The van der Waals surface area contributed by atoms with Crippen molar-refractivity contribution in [2.24, 2.45) is 0 Å². The molecule has 0 spiro atoms. The van der Waals surface area contributed by atoms with Gasteiger partial charge in [-0.1, -0.05) is 48.1 Å². The second kappa shape index (κ2) is 11.4. The Hall–Kier alpha value is -2.28. The molecule has 0 radical (unpaired) electrons. The first kappa shape index (κ1) is 24.8. The lowest BCUT2D eigenvalue weighted by molar-refractivity contribution is 0.154. The van der Waals surface area contributed by atoms with Crippen LogP contribution >= 0.6 is 22.9 Å². The summed E-state index contributed by atoms with van der Waals surface area (Å²) in [5, 5.41) is 1.79. The van der Waals surface area contributed by atoms with Crippen LogP contribution in [0.5, 0.6) is 5.75 Å². The topological polar surface area (TPSA) is 31.8 Å². The number of aryl methyl sites for hydroxylation is 1. The highest BCUT2D eigenvalue weighted by Gasteiger charge is 2.25. The zero-order chi connectivity index (χ0) is 24.1. The van der Waals surface area contributed by atoms with E-state index in [9.17, 15) is 0 Å². The Morgan fingerprint density at radius 3 is 2.79 bits per heavy atom. The number of hydrogen-bond acceptors (Lipinski definition) is 6. The van der Waals surface area contributed by atoms with E-state index in [1.165, 1.54) is 21.7 Å². The minimum absolute atomic E-state index is 0.434. The molecule has 1 aliphatic rings. The van der Waals surface area contributed by atoms with Gasteiger partial charge in [-0.2, -0.15) is 0 Å². The molecule has 182 valence electrons. The van der Waals surface area contributed by atoms with Crippen molar-refractivity contribution in [1.29, 1.82) is 0 Å². The molecule has 1 fully saturated rings. The molecule has 34 heavy (non-hydrogen) atoms. The summed E-state index contributed by atoms with van der Waals surface area (Å²) < 4.78 is 6.03. The molecule has 1 saturated heterocycles. The second-order valence-electron chi connectivity index (χ2n) is 8.87. The van der Waals surface area contributed by atoms with E-state index in [0.717, 1.165) is 50.0 Å². The average Bonchev–Trinajstić information content (AvgIpc) is 3.36. The molecule has 2 aromatic carbocycles. The Kier molecular flexibility index (Phi) is 8.35. The maximum atomic E-state index is 6.31. The Morgan fingerprint density at radius 2 is 2.03 bits per heavy atom. The van der Waals surface area contributed by atoms with Gasteiger partial charge in [0.15, 0.2) is 5.13 Å². The van der Waals surface area contributed by atoms with E-state index in [0.29, 0.717) is 17.7 Å². The lowest BCUT2D eigenvalue weighted by Gasteiger charge is -2.39. The molecule has 2 heterocycles. The largest absolute Gasteiger partial charge is 0.491 e. The molecule has 0 saturated carbocycles. The highest BCUT2D eigenvalue weighted by atomic mass is 35.5. The van der Waals surface area contributed by atoms with Crippen LogP contribution in [0.1, 0.15) is 26.3 Å². The first-order valence-corrected chi connectivity index (χ1v) is 13.4. The lowest BCUT2D eigenvalue weighted by atomic mass is 10.1. The fraction of sp³-hybridized carbons (Fsp3) is 0.444. The van der Waals surface area contributed by atoms with Gasteiger partial charge in [0, 0.05) is 57.7 Å². The molecule has 0 amide bonds. The fourth-order valence-electron chi connectivity index (χ4n) is 4.28. The number of piperazine rings is 1. The van der Waals surface area contributed by atoms with Crippen LogP contribution in [0.2, 0.25) is 5.02 Å². The summed E-state index contributed by atoms with van der Waals surface area (Å²) in [5.74, 6) is 0.789. The Bertz CT molecular complexity index is 1090. The zero-order valence-electron chi connectivity index (χ0n) is 20.6. The average molecular weight is 499 g/mol. The van der Waals surface area contributed by atoms with Crippen LogP contribution in [0.15, 0.2) is 48.7 Å². The van der Waals surface area contributed by atoms with Gasteiger partial charge in [-0.25, -0.2) is 4.98 Å². The summed E-state index contributed by atoms with van der Waals surface area (Å²) >= 11 is 8.10. The lowest BCUT2D eigenvalue weighted by Crippen LogP contribution is -2.52. The van der Waals surface area contributed by atoms with Crippen molar-refractivity contribution in [3.63, 3.8) is 0 Å². The minimum atomic E-state index is 0.434. The van der Waals surface area contributed by atoms with Crippen molar-refractivity contribution < 1.29 is 4.74 Å². The number of rotatable bonds is 9. The normalized spacial score (nSPS) is 16.6. The van der Waals surface area contributed by atoms with E-state index < -0.39 is 0 Å². The second-order valence-corrected chi connectivity index (χ2v) is 10.3. The summed E-state index contributed by atoms with van der Waals surface area (Å²) in [7, 11) is 2.13. The van der Waals surface area contributed by atoms with Crippen molar-refractivity contribution in [1.82, 2.24) is 9.88 Å². The van der Waals surface area contributed by atoms with Crippen molar-refractivity contribution >= 4 is 33.8 Å². The van der Waals surface area contributed by atoms with Gasteiger partial charge < -0.3 is 14.5 Å². The van der Waals surface area contributed by atoms with Gasteiger partial charge >= 0.3 is 0 Å². The number of anilines is 2. The molecule has 1 aliphatic heterocycles. The van der Waals surface area contributed by atoms with Gasteiger partial charge in [0.2, 0.25) is 0 Å². The number of aromatic nitrogens is 1. The molecule has 0 bridgehead atoms. The fourth-order valence-corrected chi connectivity index (χ4v) is 5.40. The summed E-state index contributed by atoms with van der Waals surface area (Å²) in [4.78, 5) is 13.2. The van der Waals surface area contributed by atoms with Gasteiger partial charge in [0.1, 0.15) is 12.4 Å². The van der Waals surface area contributed by atoms with Crippen molar-refractivity contribution in [2.45, 2.75) is 33.2 Å². The molecule has 3 aromatic rings. The van der Waals surface area contributed by atoms with Crippen molar-refractivity contribution in [3.05, 3.63) is 59.2 Å². The maximum Gasteiger partial charge on any atom is 0.185 e. The quantitative estimate of drug-likeness (QED) is 0.357. The number of ether oxygens (including phenoxy) is 1. The van der Waals surface area contributed by atoms with Crippen molar-refractivity contribution in [3.8, 4) is 16.2 Å². The number of hydrogen-bond donors (Lipinski definition) is 0. The smallest absolute Gasteiger partial charge is 0.185 e. The predicted molar refractivity (Wildman–Crippen MR) is 146 cm³/mol.